The van der Waals surface area contributed by atoms with Crippen LogP contribution in [0, 0.1) is 17.0 Å². The van der Waals surface area contributed by atoms with E-state index >= 15 is 0 Å². The highest BCUT2D eigenvalue weighted by molar-refractivity contribution is 5.90. The Kier molecular flexibility index (Phi) is 4.60. The van der Waals surface area contributed by atoms with Gasteiger partial charge in [0.25, 0.3) is 5.69 Å². The fourth-order valence-electron chi connectivity index (χ4n) is 2.50. The van der Waals surface area contributed by atoms with Crippen LogP contribution < -0.4 is 10.6 Å². The molecule has 0 radical (unpaired) electrons. The summed E-state index contributed by atoms with van der Waals surface area (Å²) >= 11 is 0. The van der Waals surface area contributed by atoms with Gasteiger partial charge in [-0.05, 0) is 24.6 Å². The molecule has 128 valence electrons. The van der Waals surface area contributed by atoms with E-state index in [1.807, 2.05) is 28.8 Å². The standard InChI is InChI=1S/C17H17N5O3/c1-12-6-7-13(22(24)25)10-15(12)20-17(23)18-8-9-21-11-19-14-4-2-3-5-16(14)21/h2-7,10-11H,8-9H2,1H3,(H2,18,20,23). The number of carbonyl (C=O) groups is 1. The van der Waals surface area contributed by atoms with Crippen molar-refractivity contribution in [3.05, 3.63) is 64.5 Å². The summed E-state index contributed by atoms with van der Waals surface area (Å²) in [6.45, 7) is 2.75. The summed E-state index contributed by atoms with van der Waals surface area (Å²) in [5, 5.41) is 16.2. The molecule has 2 amide bonds. The third kappa shape index (κ3) is 3.74. The molecule has 8 heteroatoms. The summed E-state index contributed by atoms with van der Waals surface area (Å²) in [5.41, 5.74) is 3.00. The zero-order valence-corrected chi connectivity index (χ0v) is 13.6. The van der Waals surface area contributed by atoms with Gasteiger partial charge >= 0.3 is 6.03 Å². The predicted molar refractivity (Wildman–Crippen MR) is 94.6 cm³/mol. The molecule has 0 aliphatic rings. The Labute approximate surface area is 143 Å². The maximum Gasteiger partial charge on any atom is 0.319 e. The predicted octanol–water partition coefficient (Wildman–Crippen LogP) is 3.07. The number of para-hydroxylation sites is 2. The lowest BCUT2D eigenvalue weighted by Gasteiger charge is -2.10. The number of aromatic nitrogens is 2. The molecule has 0 atom stereocenters. The first kappa shape index (κ1) is 16.4. The van der Waals surface area contributed by atoms with Crippen molar-refractivity contribution in [1.82, 2.24) is 14.9 Å². The zero-order chi connectivity index (χ0) is 17.8. The number of nitrogens with zero attached hydrogens (tertiary/aromatic N) is 3. The number of anilines is 1. The first-order valence-corrected chi connectivity index (χ1v) is 7.74. The molecule has 25 heavy (non-hydrogen) atoms. The Morgan fingerprint density at radius 3 is 2.88 bits per heavy atom. The molecule has 3 rings (SSSR count). The monoisotopic (exact) mass is 339 g/mol. The number of benzene rings is 2. The second kappa shape index (κ2) is 7.00. The first-order chi connectivity index (χ1) is 12.0. The highest BCUT2D eigenvalue weighted by Crippen LogP contribution is 2.21. The molecule has 8 nitrogen and oxygen atoms in total. The topological polar surface area (TPSA) is 102 Å². The lowest BCUT2D eigenvalue weighted by Crippen LogP contribution is -2.31. The van der Waals surface area contributed by atoms with E-state index in [2.05, 4.69) is 15.6 Å². The van der Waals surface area contributed by atoms with Gasteiger partial charge in [-0.15, -0.1) is 0 Å². The molecule has 0 saturated heterocycles. The van der Waals surface area contributed by atoms with E-state index in [0.717, 1.165) is 16.6 Å². The Balaban J connectivity index is 1.58. The number of amides is 2. The zero-order valence-electron chi connectivity index (χ0n) is 13.6. The van der Waals surface area contributed by atoms with Crippen LogP contribution in [0.2, 0.25) is 0 Å². The molecule has 0 spiro atoms. The highest BCUT2D eigenvalue weighted by atomic mass is 16.6. The molecule has 0 fully saturated rings. The van der Waals surface area contributed by atoms with E-state index in [1.54, 1.807) is 19.3 Å². The van der Waals surface area contributed by atoms with Gasteiger partial charge in [0.15, 0.2) is 0 Å². The van der Waals surface area contributed by atoms with E-state index in [0.29, 0.717) is 18.8 Å². The molecule has 0 aliphatic carbocycles. The van der Waals surface area contributed by atoms with Crippen LogP contribution in [0.4, 0.5) is 16.2 Å². The second-order valence-corrected chi connectivity index (χ2v) is 5.56. The molecule has 2 aromatic carbocycles. The number of non-ortho nitro benzene ring substituents is 1. The normalized spacial score (nSPS) is 10.6. The minimum absolute atomic E-state index is 0.0641. The van der Waals surface area contributed by atoms with E-state index in [1.165, 1.54) is 12.1 Å². The van der Waals surface area contributed by atoms with Crippen LogP contribution in [0.25, 0.3) is 11.0 Å². The van der Waals surface area contributed by atoms with Crippen molar-refractivity contribution in [2.24, 2.45) is 0 Å². The van der Waals surface area contributed by atoms with Crippen molar-refractivity contribution in [3.8, 4) is 0 Å². The van der Waals surface area contributed by atoms with Gasteiger partial charge in [0.1, 0.15) is 0 Å². The molecule has 1 aromatic heterocycles. The summed E-state index contributed by atoms with van der Waals surface area (Å²) in [4.78, 5) is 26.6. The Morgan fingerprint density at radius 2 is 2.08 bits per heavy atom. The van der Waals surface area contributed by atoms with Gasteiger partial charge in [-0.2, -0.15) is 0 Å². The van der Waals surface area contributed by atoms with Crippen molar-refractivity contribution in [2.75, 3.05) is 11.9 Å². The smallest absolute Gasteiger partial charge is 0.319 e. The number of nitro benzene ring substituents is 1. The Bertz CT molecular complexity index is 935. The Hall–Kier alpha value is -3.42. The van der Waals surface area contributed by atoms with Crippen molar-refractivity contribution >= 4 is 28.4 Å². The number of fused-ring (bicyclic) bond motifs is 1. The van der Waals surface area contributed by atoms with Gasteiger partial charge in [0.2, 0.25) is 0 Å². The number of carbonyl (C=O) groups excluding carboxylic acids is 1. The van der Waals surface area contributed by atoms with E-state index in [9.17, 15) is 14.9 Å². The minimum atomic E-state index is -0.493. The maximum atomic E-state index is 12.0. The average molecular weight is 339 g/mol. The van der Waals surface area contributed by atoms with Gasteiger partial charge in [-0.3, -0.25) is 10.1 Å². The second-order valence-electron chi connectivity index (χ2n) is 5.56. The van der Waals surface area contributed by atoms with Crippen molar-refractivity contribution in [1.29, 1.82) is 0 Å². The Morgan fingerprint density at radius 1 is 1.28 bits per heavy atom. The van der Waals surface area contributed by atoms with Gasteiger partial charge < -0.3 is 15.2 Å². The molecular formula is C17H17N5O3. The highest BCUT2D eigenvalue weighted by Gasteiger charge is 2.11. The third-order valence-electron chi connectivity index (χ3n) is 3.85. The molecule has 0 unspecified atom stereocenters. The van der Waals surface area contributed by atoms with Crippen LogP contribution in [0.15, 0.2) is 48.8 Å². The first-order valence-electron chi connectivity index (χ1n) is 7.74. The van der Waals surface area contributed by atoms with Gasteiger partial charge in [-0.25, -0.2) is 9.78 Å². The number of hydrogen-bond acceptors (Lipinski definition) is 4. The number of hydrogen-bond donors (Lipinski definition) is 2. The number of nitrogens with one attached hydrogen (secondary N) is 2. The molecular weight excluding hydrogens is 322 g/mol. The van der Waals surface area contributed by atoms with Crippen LogP contribution in [-0.4, -0.2) is 27.1 Å². The van der Waals surface area contributed by atoms with Crippen molar-refractivity contribution < 1.29 is 9.72 Å². The van der Waals surface area contributed by atoms with Gasteiger partial charge in [0, 0.05) is 25.2 Å². The number of nitro groups is 1. The van der Waals surface area contributed by atoms with Crippen LogP contribution in [0.1, 0.15) is 5.56 Å². The molecule has 2 N–H and O–H groups in total. The third-order valence-corrected chi connectivity index (χ3v) is 3.85. The van der Waals surface area contributed by atoms with Crippen molar-refractivity contribution in [3.63, 3.8) is 0 Å². The van der Waals surface area contributed by atoms with Crippen LogP contribution in [0.5, 0.6) is 0 Å². The fraction of sp³-hybridized carbons (Fsp3) is 0.176. The summed E-state index contributed by atoms with van der Waals surface area (Å²) in [6, 6.07) is 11.7. The molecule has 3 aromatic rings. The largest absolute Gasteiger partial charge is 0.336 e. The number of urea groups is 1. The number of imidazole rings is 1. The van der Waals surface area contributed by atoms with Crippen LogP contribution in [0.3, 0.4) is 0 Å². The summed E-state index contributed by atoms with van der Waals surface area (Å²) < 4.78 is 1.95. The fourth-order valence-corrected chi connectivity index (χ4v) is 2.50. The number of aryl methyl sites for hydroxylation is 1. The molecule has 0 saturated carbocycles. The van der Waals surface area contributed by atoms with E-state index in [4.69, 9.17) is 0 Å². The average Bonchev–Trinajstić information content (AvgIpc) is 3.00. The van der Waals surface area contributed by atoms with Crippen LogP contribution >= 0.6 is 0 Å². The SMILES string of the molecule is Cc1ccc([N+](=O)[O-])cc1NC(=O)NCCn1cnc2ccccc21. The van der Waals surface area contributed by atoms with E-state index in [-0.39, 0.29) is 5.69 Å². The van der Waals surface area contributed by atoms with Crippen molar-refractivity contribution in [2.45, 2.75) is 13.5 Å². The van der Waals surface area contributed by atoms with Crippen LogP contribution in [-0.2, 0) is 6.54 Å². The quantitative estimate of drug-likeness (QED) is 0.551. The molecule has 1 heterocycles. The van der Waals surface area contributed by atoms with E-state index < -0.39 is 11.0 Å². The van der Waals surface area contributed by atoms with Gasteiger partial charge in [0.05, 0.1) is 28.0 Å². The summed E-state index contributed by atoms with van der Waals surface area (Å²) in [7, 11) is 0. The maximum absolute atomic E-state index is 12.0. The lowest BCUT2D eigenvalue weighted by atomic mass is 10.2. The van der Waals surface area contributed by atoms with Gasteiger partial charge in [-0.1, -0.05) is 18.2 Å². The minimum Gasteiger partial charge on any atom is -0.336 e. The summed E-state index contributed by atoms with van der Waals surface area (Å²) in [6.07, 6.45) is 1.73. The number of rotatable bonds is 5. The molecule has 0 aliphatic heterocycles. The lowest BCUT2D eigenvalue weighted by molar-refractivity contribution is -0.384. The molecule has 0 bridgehead atoms. The summed E-state index contributed by atoms with van der Waals surface area (Å²) in [5.74, 6) is 0.